The molecule has 2 N–H and O–H groups in total. The van der Waals surface area contributed by atoms with Crippen molar-refractivity contribution >= 4 is 17.7 Å². The molecule has 1 fully saturated rings. The molecule has 182 valence electrons. The fourth-order valence-electron chi connectivity index (χ4n) is 4.56. The molecular formula is C26H29N5O4. The van der Waals surface area contributed by atoms with E-state index >= 15 is 0 Å². The first-order chi connectivity index (χ1) is 16.9. The molecule has 1 saturated heterocycles. The largest absolute Gasteiger partial charge is 0.385 e. The maximum Gasteiger partial charge on any atom is 0.240 e. The van der Waals surface area contributed by atoms with Crippen LogP contribution in [-0.2, 0) is 31.1 Å². The van der Waals surface area contributed by atoms with Gasteiger partial charge in [-0.25, -0.2) is 4.98 Å². The number of aromatic nitrogens is 3. The average molecular weight is 476 g/mol. The predicted octanol–water partition coefficient (Wildman–Crippen LogP) is 2.52. The van der Waals surface area contributed by atoms with Crippen LogP contribution in [0.25, 0.3) is 11.4 Å². The van der Waals surface area contributed by atoms with Gasteiger partial charge < -0.3 is 10.1 Å². The zero-order chi connectivity index (χ0) is 24.8. The second-order valence-electron chi connectivity index (χ2n) is 8.70. The van der Waals surface area contributed by atoms with Crippen molar-refractivity contribution in [2.75, 3.05) is 20.3 Å². The van der Waals surface area contributed by atoms with Crippen molar-refractivity contribution in [1.82, 2.24) is 25.4 Å². The normalized spacial score (nSPS) is 17.7. The number of nitrogens with zero attached hydrogens (tertiary/aromatic N) is 3. The maximum atomic E-state index is 13.6. The van der Waals surface area contributed by atoms with Gasteiger partial charge in [-0.1, -0.05) is 54.6 Å². The minimum atomic E-state index is -1.24. The third-order valence-corrected chi connectivity index (χ3v) is 6.28. The van der Waals surface area contributed by atoms with Gasteiger partial charge in [0.25, 0.3) is 0 Å². The van der Waals surface area contributed by atoms with E-state index in [0.717, 1.165) is 11.1 Å². The number of nitrogens with one attached hydrogen (secondary N) is 2. The van der Waals surface area contributed by atoms with E-state index in [1.165, 1.54) is 4.90 Å². The third-order valence-electron chi connectivity index (χ3n) is 6.28. The Morgan fingerprint density at radius 1 is 1.14 bits per heavy atom. The number of rotatable bonds is 10. The van der Waals surface area contributed by atoms with Crippen molar-refractivity contribution in [1.29, 1.82) is 0 Å². The number of carbonyl (C=O) groups is 3. The van der Waals surface area contributed by atoms with E-state index in [9.17, 15) is 14.4 Å². The molecule has 3 aromatic rings. The molecule has 0 radical (unpaired) electrons. The van der Waals surface area contributed by atoms with Gasteiger partial charge in [-0.05, 0) is 24.5 Å². The summed E-state index contributed by atoms with van der Waals surface area (Å²) < 4.78 is 5.07. The number of aromatic amines is 1. The lowest BCUT2D eigenvalue weighted by Gasteiger charge is -2.28. The van der Waals surface area contributed by atoms with Crippen molar-refractivity contribution < 1.29 is 19.1 Å². The number of carbonyl (C=O) groups excluding carboxylic acids is 3. The molecule has 0 bridgehead atoms. The van der Waals surface area contributed by atoms with Crippen LogP contribution >= 0.6 is 0 Å². The maximum absolute atomic E-state index is 13.6. The Kier molecular flexibility index (Phi) is 7.36. The molecule has 9 nitrogen and oxygen atoms in total. The van der Waals surface area contributed by atoms with Gasteiger partial charge in [-0.2, -0.15) is 5.10 Å². The van der Waals surface area contributed by atoms with Crippen LogP contribution in [0.5, 0.6) is 0 Å². The van der Waals surface area contributed by atoms with E-state index in [4.69, 9.17) is 4.74 Å². The van der Waals surface area contributed by atoms with E-state index in [1.807, 2.05) is 61.5 Å². The van der Waals surface area contributed by atoms with Crippen LogP contribution < -0.4 is 5.32 Å². The van der Waals surface area contributed by atoms with Crippen molar-refractivity contribution in [2.45, 2.75) is 38.1 Å². The number of benzene rings is 2. The highest BCUT2D eigenvalue weighted by Crippen LogP contribution is 2.41. The molecular weight excluding hydrogens is 446 g/mol. The molecule has 0 spiro atoms. The number of ether oxygens (including phenoxy) is 1. The molecule has 1 aliphatic heterocycles. The molecule has 2 aromatic carbocycles. The standard InChI is InChI=1S/C26H29N5O4/c1-18-9-6-7-12-20(18)26(16-23(33)31(25(26)34)13-8-14-35-2)15-22(32)27-17-21-28-24(30-29-21)19-10-4-3-5-11-19/h3-7,9-12H,8,13-17H2,1-2H3,(H,27,32)(H,28,29,30)/t26-/m0/s1. The molecule has 2 heterocycles. The summed E-state index contributed by atoms with van der Waals surface area (Å²) in [4.78, 5) is 45.3. The molecule has 0 unspecified atom stereocenters. The lowest BCUT2D eigenvalue weighted by atomic mass is 9.74. The Hall–Kier alpha value is -3.85. The quantitative estimate of drug-likeness (QED) is 0.344. The van der Waals surface area contributed by atoms with Gasteiger partial charge in [-0.15, -0.1) is 0 Å². The lowest BCUT2D eigenvalue weighted by Crippen LogP contribution is -2.43. The number of likely N-dealkylation sites (tertiary alicyclic amines) is 1. The van der Waals surface area contributed by atoms with Crippen LogP contribution in [0.4, 0.5) is 0 Å². The van der Waals surface area contributed by atoms with Crippen molar-refractivity contribution in [3.05, 3.63) is 71.5 Å². The van der Waals surface area contributed by atoms with Crippen molar-refractivity contribution in [3.63, 3.8) is 0 Å². The van der Waals surface area contributed by atoms with Gasteiger partial charge >= 0.3 is 0 Å². The first-order valence-corrected chi connectivity index (χ1v) is 11.6. The predicted molar refractivity (Wildman–Crippen MR) is 129 cm³/mol. The number of H-pyrrole nitrogens is 1. The average Bonchev–Trinajstić information content (AvgIpc) is 3.43. The van der Waals surface area contributed by atoms with Gasteiger partial charge in [0.1, 0.15) is 5.82 Å². The monoisotopic (exact) mass is 475 g/mol. The highest BCUT2D eigenvalue weighted by atomic mass is 16.5. The second kappa shape index (κ2) is 10.6. The zero-order valence-electron chi connectivity index (χ0n) is 19.9. The van der Waals surface area contributed by atoms with Crippen LogP contribution in [-0.4, -0.2) is 58.1 Å². The van der Waals surface area contributed by atoms with Crippen LogP contribution in [0, 0.1) is 6.92 Å². The summed E-state index contributed by atoms with van der Waals surface area (Å²) >= 11 is 0. The summed E-state index contributed by atoms with van der Waals surface area (Å²) in [7, 11) is 1.58. The molecule has 1 aliphatic rings. The van der Waals surface area contributed by atoms with Gasteiger partial charge in [-0.3, -0.25) is 24.4 Å². The minimum Gasteiger partial charge on any atom is -0.385 e. The number of aryl methyl sites for hydroxylation is 1. The molecule has 1 aromatic heterocycles. The smallest absolute Gasteiger partial charge is 0.240 e. The summed E-state index contributed by atoms with van der Waals surface area (Å²) in [5.74, 6) is 0.0800. The third kappa shape index (κ3) is 5.14. The highest BCUT2D eigenvalue weighted by molar-refractivity contribution is 6.10. The number of amides is 3. The fraction of sp³-hybridized carbons (Fsp3) is 0.346. The van der Waals surface area contributed by atoms with Crippen LogP contribution in [0.15, 0.2) is 54.6 Å². The van der Waals surface area contributed by atoms with E-state index in [1.54, 1.807) is 7.11 Å². The molecule has 9 heteroatoms. The zero-order valence-corrected chi connectivity index (χ0v) is 19.9. The Labute approximate surface area is 203 Å². The van der Waals surface area contributed by atoms with E-state index < -0.39 is 5.41 Å². The molecule has 4 rings (SSSR count). The Morgan fingerprint density at radius 2 is 1.89 bits per heavy atom. The minimum absolute atomic E-state index is 0.0441. The Bertz CT molecular complexity index is 1210. The van der Waals surface area contributed by atoms with Gasteiger partial charge in [0.05, 0.1) is 12.0 Å². The first kappa shape index (κ1) is 24.3. The Morgan fingerprint density at radius 3 is 2.63 bits per heavy atom. The van der Waals surface area contributed by atoms with Crippen LogP contribution in [0.3, 0.4) is 0 Å². The molecule has 3 amide bonds. The van der Waals surface area contributed by atoms with Crippen molar-refractivity contribution in [2.24, 2.45) is 0 Å². The van der Waals surface area contributed by atoms with E-state index in [0.29, 0.717) is 30.2 Å². The Balaban J connectivity index is 1.51. The summed E-state index contributed by atoms with van der Waals surface area (Å²) in [5.41, 5.74) is 1.19. The number of methoxy groups -OCH3 is 1. The number of hydrogen-bond acceptors (Lipinski definition) is 6. The summed E-state index contributed by atoms with van der Waals surface area (Å²) in [5, 5.41) is 9.88. The van der Waals surface area contributed by atoms with Gasteiger partial charge in [0.2, 0.25) is 17.7 Å². The molecule has 1 atom stereocenters. The molecule has 0 aliphatic carbocycles. The highest BCUT2D eigenvalue weighted by Gasteiger charge is 2.53. The van der Waals surface area contributed by atoms with Crippen molar-refractivity contribution in [3.8, 4) is 11.4 Å². The van der Waals surface area contributed by atoms with Crippen LogP contribution in [0.1, 0.15) is 36.2 Å². The lowest BCUT2D eigenvalue weighted by molar-refractivity contribution is -0.141. The summed E-state index contributed by atoms with van der Waals surface area (Å²) in [6.45, 7) is 2.72. The first-order valence-electron chi connectivity index (χ1n) is 11.6. The van der Waals surface area contributed by atoms with Crippen LogP contribution in [0.2, 0.25) is 0 Å². The number of imide groups is 1. The van der Waals surface area contributed by atoms with E-state index in [-0.39, 0.29) is 43.7 Å². The van der Waals surface area contributed by atoms with Gasteiger partial charge in [0, 0.05) is 38.7 Å². The topological polar surface area (TPSA) is 117 Å². The number of hydrogen-bond donors (Lipinski definition) is 2. The summed E-state index contributed by atoms with van der Waals surface area (Å²) in [6, 6.07) is 16.9. The molecule has 35 heavy (non-hydrogen) atoms. The fourth-order valence-corrected chi connectivity index (χ4v) is 4.56. The summed E-state index contributed by atoms with van der Waals surface area (Å²) in [6.07, 6.45) is 0.361. The second-order valence-corrected chi connectivity index (χ2v) is 8.70. The van der Waals surface area contributed by atoms with Gasteiger partial charge in [0.15, 0.2) is 5.82 Å². The van der Waals surface area contributed by atoms with E-state index in [2.05, 4.69) is 20.5 Å². The SMILES string of the molecule is COCCCN1C(=O)C[C@@](CC(=O)NCc2nc(-c3ccccc3)n[nH]2)(c2ccccc2C)C1=O. The molecule has 0 saturated carbocycles.